The Hall–Kier alpha value is -2.81. The number of aliphatic hydroxyl groups is 1. The number of anilines is 1. The van der Waals surface area contributed by atoms with Gasteiger partial charge in [0.05, 0.1) is 22.8 Å². The fraction of sp³-hybridized carbons (Fsp3) is 0.381. The summed E-state index contributed by atoms with van der Waals surface area (Å²) in [5, 5.41) is 12.9. The molecule has 8 nitrogen and oxygen atoms in total. The molecule has 1 aliphatic rings. The Labute approximate surface area is 168 Å². The molecule has 4 aromatic rings. The molecule has 1 aliphatic heterocycles. The van der Waals surface area contributed by atoms with E-state index in [2.05, 4.69) is 27.4 Å². The van der Waals surface area contributed by atoms with E-state index >= 15 is 0 Å². The van der Waals surface area contributed by atoms with Gasteiger partial charge in [-0.3, -0.25) is 4.40 Å². The third kappa shape index (κ3) is 3.19. The summed E-state index contributed by atoms with van der Waals surface area (Å²) >= 11 is 0. The number of fused-ring (bicyclic) bond motifs is 5. The molecule has 0 aliphatic carbocycles. The molecule has 3 aromatic heterocycles. The smallest absolute Gasteiger partial charge is 0.167 e. The first-order chi connectivity index (χ1) is 13.9. The Bertz CT molecular complexity index is 1200. The molecular weight excluding hydrogens is 366 g/mol. The van der Waals surface area contributed by atoms with Gasteiger partial charge >= 0.3 is 0 Å². The van der Waals surface area contributed by atoms with Crippen molar-refractivity contribution in [3.63, 3.8) is 0 Å². The van der Waals surface area contributed by atoms with Crippen LogP contribution >= 0.6 is 0 Å². The standard InChI is InChI=1S/C21H25N7O/c1-21(2,29)14-12-16-20(28-17-7-5-4-6-15(17)23-19(14)28)24-18(13-22-16)25-27-10-8-26(3)9-11-27/h4-7,12-13,29H,8-11H2,1-3H3,(H,24,25). The predicted molar refractivity (Wildman–Crippen MR) is 114 cm³/mol. The van der Waals surface area contributed by atoms with Gasteiger partial charge in [-0.2, -0.15) is 0 Å². The summed E-state index contributed by atoms with van der Waals surface area (Å²) in [5.41, 5.74) is 7.05. The summed E-state index contributed by atoms with van der Waals surface area (Å²) < 4.78 is 2.00. The number of para-hydroxylation sites is 2. The van der Waals surface area contributed by atoms with Crippen LogP contribution in [0.3, 0.4) is 0 Å². The summed E-state index contributed by atoms with van der Waals surface area (Å²) in [6, 6.07) is 9.84. The maximum absolute atomic E-state index is 10.7. The lowest BCUT2D eigenvalue weighted by molar-refractivity contribution is 0.0798. The lowest BCUT2D eigenvalue weighted by Crippen LogP contribution is -2.47. The van der Waals surface area contributed by atoms with Crippen molar-refractivity contribution in [3.05, 3.63) is 42.1 Å². The maximum atomic E-state index is 10.7. The molecule has 0 atom stereocenters. The molecule has 150 valence electrons. The molecule has 0 bridgehead atoms. The molecule has 0 radical (unpaired) electrons. The lowest BCUT2D eigenvalue weighted by atomic mass is 9.99. The SMILES string of the molecule is CN1CCN(Nc2cnc3cc(C(C)(C)O)c4nc5ccccc5n4c3n2)CC1. The molecule has 1 fully saturated rings. The Morgan fingerprint density at radius 2 is 1.76 bits per heavy atom. The van der Waals surface area contributed by atoms with Gasteiger partial charge in [0.25, 0.3) is 0 Å². The van der Waals surface area contributed by atoms with Crippen LogP contribution in [0.4, 0.5) is 5.82 Å². The minimum absolute atomic E-state index is 0.706. The van der Waals surface area contributed by atoms with E-state index < -0.39 is 5.60 Å². The molecular formula is C21H25N7O. The second kappa shape index (κ2) is 6.62. The molecule has 0 spiro atoms. The van der Waals surface area contributed by atoms with Gasteiger partial charge in [-0.15, -0.1) is 0 Å². The van der Waals surface area contributed by atoms with Crippen molar-refractivity contribution >= 4 is 33.7 Å². The van der Waals surface area contributed by atoms with Crippen LogP contribution in [-0.4, -0.2) is 67.6 Å². The molecule has 1 saturated heterocycles. The van der Waals surface area contributed by atoms with Gasteiger partial charge in [0.2, 0.25) is 0 Å². The maximum Gasteiger partial charge on any atom is 0.167 e. The van der Waals surface area contributed by atoms with E-state index in [1.807, 2.05) is 34.7 Å². The van der Waals surface area contributed by atoms with E-state index in [-0.39, 0.29) is 0 Å². The zero-order valence-electron chi connectivity index (χ0n) is 16.9. The van der Waals surface area contributed by atoms with Crippen molar-refractivity contribution in [1.29, 1.82) is 0 Å². The second-order valence-electron chi connectivity index (χ2n) is 8.24. The number of pyridine rings is 1. The number of rotatable bonds is 3. The Balaban J connectivity index is 1.69. The van der Waals surface area contributed by atoms with Gasteiger partial charge in [0.15, 0.2) is 11.5 Å². The molecule has 1 aromatic carbocycles. The van der Waals surface area contributed by atoms with E-state index in [1.165, 1.54) is 0 Å². The van der Waals surface area contributed by atoms with Crippen molar-refractivity contribution < 1.29 is 5.11 Å². The minimum Gasteiger partial charge on any atom is -0.386 e. The average molecular weight is 391 g/mol. The molecule has 0 unspecified atom stereocenters. The highest BCUT2D eigenvalue weighted by atomic mass is 16.3. The van der Waals surface area contributed by atoms with Crippen molar-refractivity contribution in [1.82, 2.24) is 29.3 Å². The van der Waals surface area contributed by atoms with E-state index in [4.69, 9.17) is 9.97 Å². The zero-order valence-corrected chi connectivity index (χ0v) is 16.9. The number of benzene rings is 1. The van der Waals surface area contributed by atoms with E-state index in [0.717, 1.165) is 53.9 Å². The third-order valence-corrected chi connectivity index (χ3v) is 5.51. The quantitative estimate of drug-likeness (QED) is 0.554. The number of nitrogens with zero attached hydrogens (tertiary/aromatic N) is 6. The van der Waals surface area contributed by atoms with Gasteiger partial charge in [0.1, 0.15) is 11.2 Å². The minimum atomic E-state index is -1.05. The highest BCUT2D eigenvalue weighted by Crippen LogP contribution is 2.31. The average Bonchev–Trinajstić information content (AvgIpc) is 3.08. The lowest BCUT2D eigenvalue weighted by Gasteiger charge is -2.32. The molecule has 8 heteroatoms. The van der Waals surface area contributed by atoms with Crippen LogP contribution in [-0.2, 0) is 5.60 Å². The summed E-state index contributed by atoms with van der Waals surface area (Å²) in [6.45, 7) is 7.42. The summed E-state index contributed by atoms with van der Waals surface area (Å²) in [5.74, 6) is 0.706. The van der Waals surface area contributed by atoms with Crippen LogP contribution in [0, 0.1) is 0 Å². The van der Waals surface area contributed by atoms with Gasteiger partial charge in [-0.25, -0.2) is 20.0 Å². The Morgan fingerprint density at radius 3 is 2.52 bits per heavy atom. The number of nitrogens with one attached hydrogen (secondary N) is 1. The van der Waals surface area contributed by atoms with Gasteiger partial charge < -0.3 is 15.4 Å². The Morgan fingerprint density at radius 1 is 1.00 bits per heavy atom. The normalized spacial score (nSPS) is 16.8. The Kier molecular flexibility index (Phi) is 4.16. The van der Waals surface area contributed by atoms with E-state index in [1.54, 1.807) is 20.0 Å². The third-order valence-electron chi connectivity index (χ3n) is 5.51. The second-order valence-corrected chi connectivity index (χ2v) is 8.24. The molecule has 4 heterocycles. The number of hydrogen-bond donors (Lipinski definition) is 2. The number of hydrazine groups is 1. The number of imidazole rings is 1. The molecule has 0 amide bonds. The van der Waals surface area contributed by atoms with E-state index in [0.29, 0.717) is 11.5 Å². The van der Waals surface area contributed by atoms with Gasteiger partial charge in [-0.1, -0.05) is 12.1 Å². The largest absolute Gasteiger partial charge is 0.386 e. The topological polar surface area (TPSA) is 81.8 Å². The summed E-state index contributed by atoms with van der Waals surface area (Å²) in [7, 11) is 2.13. The fourth-order valence-corrected chi connectivity index (χ4v) is 3.86. The number of hydrogen-bond acceptors (Lipinski definition) is 7. The van der Waals surface area contributed by atoms with Crippen LogP contribution in [0.25, 0.3) is 27.8 Å². The monoisotopic (exact) mass is 391 g/mol. The van der Waals surface area contributed by atoms with Crippen molar-refractivity contribution in [2.24, 2.45) is 0 Å². The van der Waals surface area contributed by atoms with Crippen LogP contribution in [0.15, 0.2) is 36.5 Å². The fourth-order valence-electron chi connectivity index (χ4n) is 3.86. The first-order valence-corrected chi connectivity index (χ1v) is 9.90. The molecule has 0 saturated carbocycles. The molecule has 2 N–H and O–H groups in total. The number of aromatic nitrogens is 4. The van der Waals surface area contributed by atoms with Gasteiger partial charge in [0, 0.05) is 31.7 Å². The van der Waals surface area contributed by atoms with Crippen molar-refractivity contribution in [3.8, 4) is 0 Å². The highest BCUT2D eigenvalue weighted by Gasteiger charge is 2.24. The predicted octanol–water partition coefficient (Wildman–Crippen LogP) is 2.23. The first-order valence-electron chi connectivity index (χ1n) is 9.90. The summed E-state index contributed by atoms with van der Waals surface area (Å²) in [6.07, 6.45) is 1.75. The highest BCUT2D eigenvalue weighted by molar-refractivity contribution is 5.89. The van der Waals surface area contributed by atoms with Crippen LogP contribution in [0.2, 0.25) is 0 Å². The number of piperazine rings is 1. The van der Waals surface area contributed by atoms with Crippen LogP contribution < -0.4 is 5.43 Å². The van der Waals surface area contributed by atoms with Crippen molar-refractivity contribution in [2.75, 3.05) is 38.7 Å². The molecule has 5 rings (SSSR count). The van der Waals surface area contributed by atoms with Crippen LogP contribution in [0.1, 0.15) is 19.4 Å². The molecule has 29 heavy (non-hydrogen) atoms. The number of likely N-dealkylation sites (N-methyl/N-ethyl adjacent to an activating group) is 1. The van der Waals surface area contributed by atoms with Crippen molar-refractivity contribution in [2.45, 2.75) is 19.4 Å². The van der Waals surface area contributed by atoms with Crippen LogP contribution in [0.5, 0.6) is 0 Å². The zero-order chi connectivity index (χ0) is 20.2. The van der Waals surface area contributed by atoms with E-state index in [9.17, 15) is 5.11 Å². The first kappa shape index (κ1) is 18.2. The van der Waals surface area contributed by atoms with Gasteiger partial charge in [-0.05, 0) is 39.1 Å². The summed E-state index contributed by atoms with van der Waals surface area (Å²) in [4.78, 5) is 16.6.